The number of anilines is 2. The third kappa shape index (κ3) is 3.45. The van der Waals surface area contributed by atoms with Gasteiger partial charge in [0, 0.05) is 5.69 Å². The van der Waals surface area contributed by atoms with E-state index >= 15 is 0 Å². The molecule has 1 aromatic heterocycles. The van der Waals surface area contributed by atoms with Gasteiger partial charge >= 0.3 is 0 Å². The van der Waals surface area contributed by atoms with Crippen LogP contribution in [-0.4, -0.2) is 11.6 Å². The summed E-state index contributed by atoms with van der Waals surface area (Å²) < 4.78 is 18.4. The first-order valence-electron chi connectivity index (χ1n) is 5.90. The van der Waals surface area contributed by atoms with E-state index in [1.807, 2.05) is 24.3 Å². The fraction of sp³-hybridized carbons (Fsp3) is 0.214. The Labute approximate surface area is 106 Å². The highest BCUT2D eigenvalue weighted by atomic mass is 19.1. The molecule has 0 spiro atoms. The topological polar surface area (TPSA) is 34.1 Å². The monoisotopic (exact) mass is 246 g/mol. The molecule has 3 nitrogen and oxygen atoms in total. The Balaban J connectivity index is 2.02. The van der Waals surface area contributed by atoms with Crippen molar-refractivity contribution in [3.63, 3.8) is 0 Å². The predicted octanol–water partition coefficient (Wildman–Crippen LogP) is 3.75. The van der Waals surface area contributed by atoms with Crippen LogP contribution in [0, 0.1) is 5.95 Å². The minimum atomic E-state index is -0.497. The number of aromatic nitrogens is 1. The third-order valence-corrected chi connectivity index (χ3v) is 2.31. The van der Waals surface area contributed by atoms with Crippen molar-refractivity contribution in [1.29, 1.82) is 0 Å². The van der Waals surface area contributed by atoms with Crippen LogP contribution in [0.25, 0.3) is 0 Å². The van der Waals surface area contributed by atoms with E-state index in [4.69, 9.17) is 4.74 Å². The predicted molar refractivity (Wildman–Crippen MR) is 69.7 cm³/mol. The Bertz CT molecular complexity index is 499. The Morgan fingerprint density at radius 1 is 1.17 bits per heavy atom. The van der Waals surface area contributed by atoms with Gasteiger partial charge in [-0.2, -0.15) is 4.39 Å². The molecule has 0 amide bonds. The van der Waals surface area contributed by atoms with Crippen molar-refractivity contribution < 1.29 is 9.13 Å². The standard InChI is InChI=1S/C14H15FN2O/c1-2-10-18-12-8-6-11(7-9-12)16-14-5-3-4-13(15)17-14/h3-9H,2,10H2,1H3,(H,16,17). The second kappa shape index (κ2) is 6.00. The summed E-state index contributed by atoms with van der Waals surface area (Å²) in [7, 11) is 0. The van der Waals surface area contributed by atoms with Crippen molar-refractivity contribution in [2.24, 2.45) is 0 Å². The Morgan fingerprint density at radius 3 is 2.61 bits per heavy atom. The van der Waals surface area contributed by atoms with E-state index in [1.54, 1.807) is 12.1 Å². The van der Waals surface area contributed by atoms with E-state index in [2.05, 4.69) is 17.2 Å². The fourth-order valence-electron chi connectivity index (χ4n) is 1.48. The van der Waals surface area contributed by atoms with Crippen LogP contribution in [-0.2, 0) is 0 Å². The molecule has 94 valence electrons. The van der Waals surface area contributed by atoms with Gasteiger partial charge < -0.3 is 10.1 Å². The van der Waals surface area contributed by atoms with Gasteiger partial charge in [-0.15, -0.1) is 0 Å². The van der Waals surface area contributed by atoms with Crippen molar-refractivity contribution in [3.8, 4) is 5.75 Å². The van der Waals surface area contributed by atoms with Crippen LogP contribution in [0.15, 0.2) is 42.5 Å². The maximum atomic E-state index is 12.9. The van der Waals surface area contributed by atoms with Crippen LogP contribution in [0.1, 0.15) is 13.3 Å². The van der Waals surface area contributed by atoms with Gasteiger partial charge in [-0.05, 0) is 42.8 Å². The molecule has 0 aliphatic carbocycles. The van der Waals surface area contributed by atoms with Crippen LogP contribution in [0.5, 0.6) is 5.75 Å². The second-order valence-corrected chi connectivity index (χ2v) is 3.84. The molecule has 1 N–H and O–H groups in total. The quantitative estimate of drug-likeness (QED) is 0.816. The van der Waals surface area contributed by atoms with Crippen LogP contribution >= 0.6 is 0 Å². The molecule has 0 atom stereocenters. The summed E-state index contributed by atoms with van der Waals surface area (Å²) in [4.78, 5) is 3.73. The summed E-state index contributed by atoms with van der Waals surface area (Å²) in [5, 5.41) is 3.02. The van der Waals surface area contributed by atoms with Crippen LogP contribution < -0.4 is 10.1 Å². The molecule has 0 saturated carbocycles. The maximum Gasteiger partial charge on any atom is 0.214 e. The van der Waals surface area contributed by atoms with Crippen molar-refractivity contribution in [1.82, 2.24) is 4.98 Å². The minimum Gasteiger partial charge on any atom is -0.494 e. The summed E-state index contributed by atoms with van der Waals surface area (Å²) in [6.07, 6.45) is 0.979. The number of halogens is 1. The summed E-state index contributed by atoms with van der Waals surface area (Å²) >= 11 is 0. The molecular weight excluding hydrogens is 231 g/mol. The smallest absolute Gasteiger partial charge is 0.214 e. The summed E-state index contributed by atoms with van der Waals surface area (Å²) in [6.45, 7) is 2.77. The zero-order valence-electron chi connectivity index (χ0n) is 10.2. The molecule has 1 heterocycles. The van der Waals surface area contributed by atoms with Crippen molar-refractivity contribution in [2.45, 2.75) is 13.3 Å². The highest BCUT2D eigenvalue weighted by Crippen LogP contribution is 2.19. The van der Waals surface area contributed by atoms with Gasteiger partial charge in [0.15, 0.2) is 0 Å². The lowest BCUT2D eigenvalue weighted by molar-refractivity contribution is 0.317. The molecule has 18 heavy (non-hydrogen) atoms. The minimum absolute atomic E-state index is 0.484. The lowest BCUT2D eigenvalue weighted by Gasteiger charge is -2.07. The number of hydrogen-bond donors (Lipinski definition) is 1. The first-order chi connectivity index (χ1) is 8.78. The number of benzene rings is 1. The van der Waals surface area contributed by atoms with Crippen molar-refractivity contribution in [3.05, 3.63) is 48.4 Å². The van der Waals surface area contributed by atoms with Gasteiger partial charge in [0.25, 0.3) is 0 Å². The van der Waals surface area contributed by atoms with E-state index in [-0.39, 0.29) is 0 Å². The fourth-order valence-corrected chi connectivity index (χ4v) is 1.48. The molecule has 1 aromatic carbocycles. The molecular formula is C14H15FN2O. The average molecular weight is 246 g/mol. The van der Waals surface area contributed by atoms with E-state index in [9.17, 15) is 4.39 Å². The molecule has 0 aliphatic rings. The van der Waals surface area contributed by atoms with Gasteiger partial charge in [0.05, 0.1) is 6.61 Å². The first kappa shape index (κ1) is 12.4. The number of hydrogen-bond acceptors (Lipinski definition) is 3. The largest absolute Gasteiger partial charge is 0.494 e. The zero-order chi connectivity index (χ0) is 12.8. The normalized spacial score (nSPS) is 10.1. The van der Waals surface area contributed by atoms with Gasteiger partial charge in [-0.25, -0.2) is 4.98 Å². The van der Waals surface area contributed by atoms with E-state index in [0.29, 0.717) is 12.4 Å². The van der Waals surface area contributed by atoms with Gasteiger partial charge in [-0.3, -0.25) is 0 Å². The number of pyridine rings is 1. The van der Waals surface area contributed by atoms with Crippen LogP contribution in [0.2, 0.25) is 0 Å². The number of rotatable bonds is 5. The maximum absolute atomic E-state index is 12.9. The highest BCUT2D eigenvalue weighted by Gasteiger charge is 1.98. The molecule has 0 unspecified atom stereocenters. The van der Waals surface area contributed by atoms with Crippen LogP contribution in [0.4, 0.5) is 15.9 Å². The van der Waals surface area contributed by atoms with E-state index in [0.717, 1.165) is 17.9 Å². The lowest BCUT2D eigenvalue weighted by Crippen LogP contribution is -1.96. The summed E-state index contributed by atoms with van der Waals surface area (Å²) in [5.41, 5.74) is 0.844. The first-order valence-corrected chi connectivity index (χ1v) is 5.90. The average Bonchev–Trinajstić information content (AvgIpc) is 2.38. The highest BCUT2D eigenvalue weighted by molar-refractivity contribution is 5.56. The Morgan fingerprint density at radius 2 is 1.94 bits per heavy atom. The zero-order valence-corrected chi connectivity index (χ0v) is 10.2. The van der Waals surface area contributed by atoms with Crippen LogP contribution in [0.3, 0.4) is 0 Å². The third-order valence-electron chi connectivity index (χ3n) is 2.31. The van der Waals surface area contributed by atoms with Gasteiger partial charge in [0.2, 0.25) is 5.95 Å². The Hall–Kier alpha value is -2.10. The number of ether oxygens (including phenoxy) is 1. The number of nitrogens with one attached hydrogen (secondary N) is 1. The molecule has 0 saturated heterocycles. The molecule has 4 heteroatoms. The van der Waals surface area contributed by atoms with E-state index in [1.165, 1.54) is 6.07 Å². The molecule has 0 radical (unpaired) electrons. The summed E-state index contributed by atoms with van der Waals surface area (Å²) in [6, 6.07) is 12.1. The van der Waals surface area contributed by atoms with Crippen molar-refractivity contribution in [2.75, 3.05) is 11.9 Å². The summed E-state index contributed by atoms with van der Waals surface area (Å²) in [5.74, 6) is 0.815. The molecule has 0 aliphatic heterocycles. The molecule has 2 rings (SSSR count). The molecule has 0 bridgehead atoms. The van der Waals surface area contributed by atoms with E-state index < -0.39 is 5.95 Å². The van der Waals surface area contributed by atoms with Gasteiger partial charge in [-0.1, -0.05) is 13.0 Å². The van der Waals surface area contributed by atoms with Crippen molar-refractivity contribution >= 4 is 11.5 Å². The Kier molecular flexibility index (Phi) is 4.12. The molecule has 2 aromatic rings. The SMILES string of the molecule is CCCOc1ccc(Nc2cccc(F)n2)cc1. The second-order valence-electron chi connectivity index (χ2n) is 3.84. The lowest BCUT2D eigenvalue weighted by atomic mass is 10.3. The van der Waals surface area contributed by atoms with Gasteiger partial charge in [0.1, 0.15) is 11.6 Å². The molecule has 0 fully saturated rings. The number of nitrogens with zero attached hydrogens (tertiary/aromatic N) is 1.